The molecule has 1 aromatic carbocycles. The van der Waals surface area contributed by atoms with Crippen LogP contribution in [0.25, 0.3) is 0 Å². The standard InChI is InChI=1S/C14H16N2O.C3H8.2H2/c1-4-7-12(5-2)16-14(17)11-8-6-9-13(10-11)15-3;1-3-2;;/h4-10,15H,1-2H2,3H3,(H,16,17);3H2,1-2H3;2*1H/b12-7+;;;. The lowest BCUT2D eigenvalue weighted by Gasteiger charge is -2.07. The Hall–Kier alpha value is -2.29. The molecule has 0 saturated heterocycles. The molecule has 1 amide bonds. The predicted molar refractivity (Wildman–Crippen MR) is 92.1 cm³/mol. The topological polar surface area (TPSA) is 41.1 Å². The maximum absolute atomic E-state index is 11.9. The number of hydrogen-bond donors (Lipinski definition) is 2. The molecule has 0 aliphatic heterocycles. The zero-order valence-electron chi connectivity index (χ0n) is 12.6. The Bertz CT molecular complexity index is 485. The summed E-state index contributed by atoms with van der Waals surface area (Å²) in [6.07, 6.45) is 6.11. The maximum atomic E-state index is 11.9. The van der Waals surface area contributed by atoms with E-state index in [0.717, 1.165) is 5.69 Å². The van der Waals surface area contributed by atoms with Gasteiger partial charge in [0.25, 0.3) is 5.91 Å². The molecule has 112 valence electrons. The van der Waals surface area contributed by atoms with Gasteiger partial charge in [-0.05, 0) is 30.4 Å². The van der Waals surface area contributed by atoms with Crippen LogP contribution in [0.2, 0.25) is 0 Å². The lowest BCUT2D eigenvalue weighted by Crippen LogP contribution is -2.21. The summed E-state index contributed by atoms with van der Waals surface area (Å²) in [5.41, 5.74) is 2.11. The number of amides is 1. The van der Waals surface area contributed by atoms with Crippen molar-refractivity contribution in [2.45, 2.75) is 20.3 Å². The molecule has 0 fully saturated rings. The summed E-state index contributed by atoms with van der Waals surface area (Å²) >= 11 is 0. The highest BCUT2D eigenvalue weighted by molar-refractivity contribution is 5.96. The van der Waals surface area contributed by atoms with Crippen molar-refractivity contribution in [1.82, 2.24) is 5.32 Å². The maximum Gasteiger partial charge on any atom is 0.255 e. The van der Waals surface area contributed by atoms with Crippen molar-refractivity contribution >= 4 is 11.6 Å². The molecule has 3 heteroatoms. The minimum atomic E-state index is -0.171. The molecule has 0 aromatic heterocycles. The van der Waals surface area contributed by atoms with Gasteiger partial charge in [0.2, 0.25) is 0 Å². The van der Waals surface area contributed by atoms with E-state index in [9.17, 15) is 4.79 Å². The van der Waals surface area contributed by atoms with Gasteiger partial charge in [0.15, 0.2) is 0 Å². The zero-order valence-corrected chi connectivity index (χ0v) is 12.6. The van der Waals surface area contributed by atoms with E-state index in [2.05, 4.69) is 37.6 Å². The number of carbonyl (C=O) groups excluding carboxylic acids is 1. The normalized spacial score (nSPS) is 9.85. The first-order valence-electron chi connectivity index (χ1n) is 6.67. The second-order valence-corrected chi connectivity index (χ2v) is 4.05. The molecule has 0 heterocycles. The summed E-state index contributed by atoms with van der Waals surface area (Å²) in [6, 6.07) is 7.26. The fourth-order valence-electron chi connectivity index (χ4n) is 1.31. The fraction of sp³-hybridized carbons (Fsp3) is 0.235. The van der Waals surface area contributed by atoms with Crippen molar-refractivity contribution in [3.8, 4) is 0 Å². The summed E-state index contributed by atoms with van der Waals surface area (Å²) in [5, 5.41) is 5.72. The summed E-state index contributed by atoms with van der Waals surface area (Å²) in [4.78, 5) is 11.9. The molecule has 0 atom stereocenters. The molecule has 0 spiro atoms. The van der Waals surface area contributed by atoms with Crippen LogP contribution in [-0.2, 0) is 0 Å². The third-order valence-corrected chi connectivity index (χ3v) is 2.19. The van der Waals surface area contributed by atoms with Crippen LogP contribution in [0.4, 0.5) is 5.69 Å². The van der Waals surface area contributed by atoms with Gasteiger partial charge in [-0.1, -0.05) is 45.6 Å². The fourth-order valence-corrected chi connectivity index (χ4v) is 1.31. The minimum absolute atomic E-state index is 0. The lowest BCUT2D eigenvalue weighted by molar-refractivity contribution is 0.0967. The van der Waals surface area contributed by atoms with Crippen LogP contribution in [0.3, 0.4) is 0 Å². The van der Waals surface area contributed by atoms with Crippen LogP contribution in [0.5, 0.6) is 0 Å². The predicted octanol–water partition coefficient (Wildman–Crippen LogP) is 4.62. The second kappa shape index (κ2) is 10.6. The third-order valence-electron chi connectivity index (χ3n) is 2.19. The number of allylic oxidation sites excluding steroid dienone is 3. The Morgan fingerprint density at radius 3 is 2.50 bits per heavy atom. The van der Waals surface area contributed by atoms with E-state index >= 15 is 0 Å². The number of nitrogens with one attached hydrogen (secondary N) is 2. The monoisotopic (exact) mass is 276 g/mol. The minimum Gasteiger partial charge on any atom is -0.388 e. The molecule has 20 heavy (non-hydrogen) atoms. The van der Waals surface area contributed by atoms with E-state index in [1.54, 1.807) is 30.4 Å². The number of anilines is 1. The van der Waals surface area contributed by atoms with Crippen molar-refractivity contribution in [2.75, 3.05) is 12.4 Å². The molecule has 2 N–H and O–H groups in total. The summed E-state index contributed by atoms with van der Waals surface area (Å²) in [6.45, 7) is 11.4. The van der Waals surface area contributed by atoms with Crippen LogP contribution >= 0.6 is 0 Å². The Labute approximate surface area is 125 Å². The molecule has 0 aliphatic rings. The van der Waals surface area contributed by atoms with Crippen molar-refractivity contribution < 1.29 is 7.65 Å². The van der Waals surface area contributed by atoms with Crippen LogP contribution < -0.4 is 10.6 Å². The summed E-state index contributed by atoms with van der Waals surface area (Å²) < 4.78 is 0. The first-order chi connectivity index (χ1) is 9.62. The summed E-state index contributed by atoms with van der Waals surface area (Å²) in [5.74, 6) is -0.171. The third kappa shape index (κ3) is 6.59. The highest BCUT2D eigenvalue weighted by Gasteiger charge is 2.06. The Morgan fingerprint density at radius 1 is 1.35 bits per heavy atom. The van der Waals surface area contributed by atoms with E-state index < -0.39 is 0 Å². The quantitative estimate of drug-likeness (QED) is 0.770. The van der Waals surface area contributed by atoms with Crippen LogP contribution in [-0.4, -0.2) is 13.0 Å². The molecule has 3 nitrogen and oxygen atoms in total. The van der Waals surface area contributed by atoms with Crippen molar-refractivity contribution in [2.24, 2.45) is 0 Å². The van der Waals surface area contributed by atoms with Gasteiger partial charge in [0, 0.05) is 26.8 Å². The number of benzene rings is 1. The Morgan fingerprint density at radius 2 is 2.00 bits per heavy atom. The number of hydrogen-bond acceptors (Lipinski definition) is 2. The van der Waals surface area contributed by atoms with E-state index in [-0.39, 0.29) is 8.76 Å². The highest BCUT2D eigenvalue weighted by Crippen LogP contribution is 2.10. The van der Waals surface area contributed by atoms with Crippen LogP contribution in [0.15, 0.2) is 61.3 Å². The van der Waals surface area contributed by atoms with Gasteiger partial charge in [-0.15, -0.1) is 0 Å². The molecular formula is C17H28N2O. The van der Waals surface area contributed by atoms with Crippen molar-refractivity contribution in [3.63, 3.8) is 0 Å². The van der Waals surface area contributed by atoms with E-state index in [1.165, 1.54) is 6.42 Å². The SMILES string of the molecule is C=C/C=C(\C=C)NC(=O)c1cccc(NC)c1.CCC.[HH].[HH]. The molecule has 0 unspecified atom stereocenters. The zero-order chi connectivity index (χ0) is 15.4. The van der Waals surface area contributed by atoms with E-state index in [1.807, 2.05) is 19.2 Å². The lowest BCUT2D eigenvalue weighted by atomic mass is 10.2. The van der Waals surface area contributed by atoms with Crippen molar-refractivity contribution in [1.29, 1.82) is 0 Å². The number of rotatable bonds is 5. The summed E-state index contributed by atoms with van der Waals surface area (Å²) in [7, 11) is 1.81. The van der Waals surface area contributed by atoms with Gasteiger partial charge in [0.05, 0.1) is 0 Å². The van der Waals surface area contributed by atoms with Gasteiger partial charge in [-0.2, -0.15) is 0 Å². The highest BCUT2D eigenvalue weighted by atomic mass is 16.1. The van der Waals surface area contributed by atoms with Gasteiger partial charge < -0.3 is 10.6 Å². The first kappa shape index (κ1) is 17.7. The molecule has 1 aromatic rings. The molecule has 0 aliphatic carbocycles. The Balaban J connectivity index is -0.000000666. The average molecular weight is 276 g/mol. The molecular weight excluding hydrogens is 248 g/mol. The van der Waals surface area contributed by atoms with Gasteiger partial charge >= 0.3 is 0 Å². The van der Waals surface area contributed by atoms with Gasteiger partial charge in [-0.25, -0.2) is 0 Å². The first-order valence-corrected chi connectivity index (χ1v) is 6.67. The molecule has 0 bridgehead atoms. The number of carbonyl (C=O) groups is 1. The van der Waals surface area contributed by atoms with Gasteiger partial charge in [-0.3, -0.25) is 4.79 Å². The average Bonchev–Trinajstić information content (AvgIpc) is 2.47. The Kier molecular flexibility index (Phi) is 9.40. The van der Waals surface area contributed by atoms with Gasteiger partial charge in [0.1, 0.15) is 0 Å². The largest absolute Gasteiger partial charge is 0.388 e. The van der Waals surface area contributed by atoms with E-state index in [0.29, 0.717) is 11.3 Å². The van der Waals surface area contributed by atoms with Crippen LogP contribution in [0.1, 0.15) is 33.5 Å². The molecule has 0 saturated carbocycles. The second-order valence-electron chi connectivity index (χ2n) is 4.05. The molecule has 1 rings (SSSR count). The van der Waals surface area contributed by atoms with Crippen molar-refractivity contribution in [3.05, 3.63) is 66.9 Å². The van der Waals surface area contributed by atoms with Crippen LogP contribution in [0, 0.1) is 0 Å². The van der Waals surface area contributed by atoms with E-state index in [4.69, 9.17) is 0 Å². The smallest absolute Gasteiger partial charge is 0.255 e. The molecule has 0 radical (unpaired) electrons.